The molecule has 1 fully saturated rings. The third-order valence-electron chi connectivity index (χ3n) is 7.75. The Morgan fingerprint density at radius 2 is 1.67 bits per heavy atom. The molecule has 1 saturated carbocycles. The van der Waals surface area contributed by atoms with E-state index in [1.165, 1.54) is 17.0 Å². The third kappa shape index (κ3) is 9.09. The Morgan fingerprint density at radius 1 is 0.974 bits per heavy atom. The molecule has 39 heavy (non-hydrogen) atoms. The molecule has 0 spiro atoms. The van der Waals surface area contributed by atoms with Gasteiger partial charge in [-0.05, 0) is 74.8 Å². The molecule has 0 aromatic heterocycles. The first-order valence-electron chi connectivity index (χ1n) is 14.3. The SMILES string of the molecule is CC[C@@H](C(=O)NC1CCCCC1)N(CCc1ccccc1)C(=O)CCCN(c1ccc(C)c(C)c1)S(C)(=O)=O. The first kappa shape index (κ1) is 30.7. The van der Waals surface area contributed by atoms with Crippen molar-refractivity contribution in [2.45, 2.75) is 90.6 Å². The van der Waals surface area contributed by atoms with Gasteiger partial charge in [-0.15, -0.1) is 0 Å². The van der Waals surface area contributed by atoms with E-state index in [0.29, 0.717) is 31.5 Å². The minimum Gasteiger partial charge on any atom is -0.352 e. The molecule has 214 valence electrons. The number of anilines is 1. The summed E-state index contributed by atoms with van der Waals surface area (Å²) in [5.41, 5.74) is 3.82. The Morgan fingerprint density at radius 3 is 2.28 bits per heavy atom. The van der Waals surface area contributed by atoms with E-state index in [4.69, 9.17) is 0 Å². The molecule has 1 atom stereocenters. The number of carbonyl (C=O) groups is 2. The average molecular weight is 556 g/mol. The molecule has 0 unspecified atom stereocenters. The van der Waals surface area contributed by atoms with E-state index in [1.54, 1.807) is 11.0 Å². The minimum absolute atomic E-state index is 0.0845. The minimum atomic E-state index is -3.52. The lowest BCUT2D eigenvalue weighted by molar-refractivity contribution is -0.141. The molecule has 0 bridgehead atoms. The second kappa shape index (κ2) is 14.5. The van der Waals surface area contributed by atoms with Gasteiger partial charge in [0.15, 0.2) is 0 Å². The number of carbonyl (C=O) groups excluding carboxylic acids is 2. The fourth-order valence-corrected chi connectivity index (χ4v) is 6.28. The van der Waals surface area contributed by atoms with Gasteiger partial charge in [-0.3, -0.25) is 13.9 Å². The summed E-state index contributed by atoms with van der Waals surface area (Å²) in [6.45, 7) is 6.52. The maximum absolute atomic E-state index is 13.6. The van der Waals surface area contributed by atoms with Gasteiger partial charge in [0.05, 0.1) is 11.9 Å². The van der Waals surface area contributed by atoms with E-state index in [0.717, 1.165) is 42.4 Å². The maximum atomic E-state index is 13.6. The second-order valence-electron chi connectivity index (χ2n) is 10.8. The van der Waals surface area contributed by atoms with Gasteiger partial charge in [0, 0.05) is 25.6 Å². The number of hydrogen-bond donors (Lipinski definition) is 1. The highest BCUT2D eigenvalue weighted by Gasteiger charge is 2.30. The Balaban J connectivity index is 1.72. The molecule has 2 aromatic rings. The van der Waals surface area contributed by atoms with Crippen LogP contribution in [0, 0.1) is 13.8 Å². The number of benzene rings is 2. The van der Waals surface area contributed by atoms with Crippen molar-refractivity contribution in [3.8, 4) is 0 Å². The Labute approximate surface area is 235 Å². The van der Waals surface area contributed by atoms with Crippen LogP contribution < -0.4 is 9.62 Å². The first-order chi connectivity index (χ1) is 18.6. The smallest absolute Gasteiger partial charge is 0.243 e. The van der Waals surface area contributed by atoms with Crippen molar-refractivity contribution in [2.75, 3.05) is 23.7 Å². The molecule has 7 nitrogen and oxygen atoms in total. The lowest BCUT2D eigenvalue weighted by Gasteiger charge is -2.33. The molecule has 3 rings (SSSR count). The molecular weight excluding hydrogens is 510 g/mol. The number of aryl methyl sites for hydroxylation is 2. The summed E-state index contributed by atoms with van der Waals surface area (Å²) in [4.78, 5) is 28.7. The maximum Gasteiger partial charge on any atom is 0.243 e. The van der Waals surface area contributed by atoms with Crippen molar-refractivity contribution >= 4 is 27.5 Å². The summed E-state index contributed by atoms with van der Waals surface area (Å²) in [6.07, 6.45) is 8.32. The van der Waals surface area contributed by atoms with Crippen LogP contribution in [-0.2, 0) is 26.0 Å². The third-order valence-corrected chi connectivity index (χ3v) is 8.95. The van der Waals surface area contributed by atoms with Crippen LogP contribution in [0.2, 0.25) is 0 Å². The van der Waals surface area contributed by atoms with Crippen molar-refractivity contribution in [2.24, 2.45) is 0 Å². The highest BCUT2D eigenvalue weighted by atomic mass is 32.2. The zero-order valence-electron chi connectivity index (χ0n) is 24.0. The lowest BCUT2D eigenvalue weighted by atomic mass is 9.95. The van der Waals surface area contributed by atoms with Gasteiger partial charge in [-0.1, -0.05) is 62.6 Å². The van der Waals surface area contributed by atoms with E-state index >= 15 is 0 Å². The van der Waals surface area contributed by atoms with E-state index in [-0.39, 0.29) is 30.8 Å². The average Bonchev–Trinajstić information content (AvgIpc) is 2.91. The van der Waals surface area contributed by atoms with Gasteiger partial charge in [0.25, 0.3) is 0 Å². The Hall–Kier alpha value is -2.87. The molecule has 1 N–H and O–H groups in total. The van der Waals surface area contributed by atoms with Crippen LogP contribution in [0.3, 0.4) is 0 Å². The number of nitrogens with zero attached hydrogens (tertiary/aromatic N) is 2. The molecule has 8 heteroatoms. The summed E-state index contributed by atoms with van der Waals surface area (Å²) in [7, 11) is -3.52. The molecule has 1 aliphatic rings. The van der Waals surface area contributed by atoms with Crippen molar-refractivity contribution in [1.82, 2.24) is 10.2 Å². The van der Waals surface area contributed by atoms with E-state index < -0.39 is 16.1 Å². The predicted octanol–water partition coefficient (Wildman–Crippen LogP) is 5.15. The topological polar surface area (TPSA) is 86.8 Å². The molecule has 0 saturated heterocycles. The summed E-state index contributed by atoms with van der Waals surface area (Å²) >= 11 is 0. The van der Waals surface area contributed by atoms with Crippen molar-refractivity contribution in [3.63, 3.8) is 0 Å². The highest BCUT2D eigenvalue weighted by Crippen LogP contribution is 2.23. The van der Waals surface area contributed by atoms with Crippen LogP contribution in [0.15, 0.2) is 48.5 Å². The number of rotatable bonds is 13. The van der Waals surface area contributed by atoms with E-state index in [9.17, 15) is 18.0 Å². The monoisotopic (exact) mass is 555 g/mol. The molecule has 0 aliphatic heterocycles. The molecular formula is C31H45N3O4S. The van der Waals surface area contributed by atoms with Gasteiger partial charge in [0.2, 0.25) is 21.8 Å². The van der Waals surface area contributed by atoms with Crippen molar-refractivity contribution in [3.05, 3.63) is 65.2 Å². The number of amides is 2. The largest absolute Gasteiger partial charge is 0.352 e. The fraction of sp³-hybridized carbons (Fsp3) is 0.548. The molecule has 2 amide bonds. The Bertz CT molecular complexity index is 1190. The summed E-state index contributed by atoms with van der Waals surface area (Å²) in [6, 6.07) is 15.2. The van der Waals surface area contributed by atoms with Crippen LogP contribution in [-0.4, -0.2) is 56.6 Å². The normalized spacial score (nSPS) is 15.0. The molecule has 0 heterocycles. The molecule has 0 radical (unpaired) electrons. The van der Waals surface area contributed by atoms with Crippen molar-refractivity contribution < 1.29 is 18.0 Å². The van der Waals surface area contributed by atoms with E-state index in [2.05, 4.69) is 5.32 Å². The van der Waals surface area contributed by atoms with Gasteiger partial charge >= 0.3 is 0 Å². The number of sulfonamides is 1. The fourth-order valence-electron chi connectivity index (χ4n) is 5.32. The van der Waals surface area contributed by atoms with Crippen LogP contribution >= 0.6 is 0 Å². The lowest BCUT2D eigenvalue weighted by Crippen LogP contribution is -2.52. The zero-order chi connectivity index (χ0) is 28.4. The number of nitrogens with one attached hydrogen (secondary N) is 1. The predicted molar refractivity (Wildman–Crippen MR) is 158 cm³/mol. The van der Waals surface area contributed by atoms with Crippen LogP contribution in [0.4, 0.5) is 5.69 Å². The van der Waals surface area contributed by atoms with Crippen LogP contribution in [0.1, 0.15) is 75.0 Å². The van der Waals surface area contributed by atoms with Crippen LogP contribution in [0.25, 0.3) is 0 Å². The van der Waals surface area contributed by atoms with Crippen LogP contribution in [0.5, 0.6) is 0 Å². The van der Waals surface area contributed by atoms with Gasteiger partial charge in [0.1, 0.15) is 6.04 Å². The summed E-state index contributed by atoms with van der Waals surface area (Å²) in [5.74, 6) is -0.205. The second-order valence-corrected chi connectivity index (χ2v) is 12.7. The quantitative estimate of drug-likeness (QED) is 0.370. The van der Waals surface area contributed by atoms with Crippen molar-refractivity contribution in [1.29, 1.82) is 0 Å². The molecule has 1 aliphatic carbocycles. The highest BCUT2D eigenvalue weighted by molar-refractivity contribution is 7.92. The zero-order valence-corrected chi connectivity index (χ0v) is 24.8. The summed E-state index contributed by atoms with van der Waals surface area (Å²) in [5, 5.41) is 3.21. The standard InChI is InChI=1S/C31H45N3O4S/c1-5-29(31(36)32-27-15-10-7-11-16-27)33(22-20-26-13-8-6-9-14-26)30(35)17-12-21-34(39(4,37)38)28-19-18-24(2)25(3)23-28/h6,8-9,13-14,18-19,23,27,29H,5,7,10-12,15-17,20-22H2,1-4H3,(H,32,36)/t29-/m0/s1. The summed E-state index contributed by atoms with van der Waals surface area (Å²) < 4.78 is 26.6. The van der Waals surface area contributed by atoms with Gasteiger partial charge in [-0.25, -0.2) is 8.42 Å². The Kier molecular flexibility index (Phi) is 11.4. The molecule has 2 aromatic carbocycles. The van der Waals surface area contributed by atoms with E-state index in [1.807, 2.05) is 63.2 Å². The first-order valence-corrected chi connectivity index (χ1v) is 16.1. The van der Waals surface area contributed by atoms with Gasteiger partial charge < -0.3 is 10.2 Å². The number of hydrogen-bond acceptors (Lipinski definition) is 4. The van der Waals surface area contributed by atoms with Gasteiger partial charge in [-0.2, -0.15) is 0 Å².